The maximum absolute atomic E-state index is 12.7. The molecule has 2 rings (SSSR count). The zero-order chi connectivity index (χ0) is 17.6. The van der Waals surface area contributed by atoms with Crippen molar-refractivity contribution in [3.63, 3.8) is 0 Å². The second-order valence-corrected chi connectivity index (χ2v) is 5.87. The van der Waals surface area contributed by atoms with Gasteiger partial charge in [0.2, 0.25) is 0 Å². The number of nitrogens with zero attached hydrogens (tertiary/aromatic N) is 1. The lowest BCUT2D eigenvalue weighted by Gasteiger charge is -2.33. The third-order valence-corrected chi connectivity index (χ3v) is 4.26. The summed E-state index contributed by atoms with van der Waals surface area (Å²) >= 11 is 0. The number of likely N-dealkylation sites (tertiary alicyclic amines) is 1. The van der Waals surface area contributed by atoms with E-state index in [1.807, 2.05) is 31.2 Å². The molecule has 1 aromatic rings. The first-order chi connectivity index (χ1) is 11.4. The number of nitrogens with one attached hydrogen (secondary N) is 1. The van der Waals surface area contributed by atoms with Crippen LogP contribution >= 0.6 is 0 Å². The Bertz CT molecular complexity index is 541. The zero-order valence-corrected chi connectivity index (χ0v) is 13.7. The Morgan fingerprint density at radius 3 is 2.46 bits per heavy atom. The van der Waals surface area contributed by atoms with Gasteiger partial charge in [0, 0.05) is 26.2 Å². The number of hydrogen-bond acceptors (Lipinski definition) is 2. The number of ether oxygens (including phenoxy) is 1. The summed E-state index contributed by atoms with van der Waals surface area (Å²) in [5, 5.41) is 2.79. The summed E-state index contributed by atoms with van der Waals surface area (Å²) < 4.78 is 43.4. The van der Waals surface area contributed by atoms with Crippen molar-refractivity contribution in [1.82, 2.24) is 10.2 Å². The van der Waals surface area contributed by atoms with E-state index in [4.69, 9.17) is 4.74 Å². The highest BCUT2D eigenvalue weighted by molar-refractivity contribution is 5.74. The van der Waals surface area contributed by atoms with Crippen LogP contribution in [0.2, 0.25) is 0 Å². The quantitative estimate of drug-likeness (QED) is 0.885. The van der Waals surface area contributed by atoms with E-state index in [9.17, 15) is 18.0 Å². The number of rotatable bonds is 5. The van der Waals surface area contributed by atoms with Crippen LogP contribution in [0, 0.1) is 5.92 Å². The number of benzene rings is 1. The number of carbonyl (C=O) groups excluding carboxylic acids is 1. The first-order valence-corrected chi connectivity index (χ1v) is 8.15. The topological polar surface area (TPSA) is 41.6 Å². The fraction of sp³-hybridized carbons (Fsp3) is 0.588. The summed E-state index contributed by atoms with van der Waals surface area (Å²) in [5.41, 5.74) is 1.94. The van der Waals surface area contributed by atoms with Crippen LogP contribution in [0.1, 0.15) is 30.9 Å². The number of piperidine rings is 1. The van der Waals surface area contributed by atoms with Crippen LogP contribution in [0.5, 0.6) is 0 Å². The van der Waals surface area contributed by atoms with Crippen molar-refractivity contribution in [1.29, 1.82) is 0 Å². The van der Waals surface area contributed by atoms with Gasteiger partial charge in [0.25, 0.3) is 0 Å². The van der Waals surface area contributed by atoms with Gasteiger partial charge in [-0.2, -0.15) is 13.2 Å². The second kappa shape index (κ2) is 8.37. The monoisotopic (exact) mass is 344 g/mol. The molecule has 0 aromatic heterocycles. The van der Waals surface area contributed by atoms with Gasteiger partial charge < -0.3 is 15.0 Å². The van der Waals surface area contributed by atoms with E-state index in [1.165, 1.54) is 4.90 Å². The molecule has 1 aliphatic rings. The first kappa shape index (κ1) is 18.6. The van der Waals surface area contributed by atoms with E-state index in [2.05, 4.69) is 5.32 Å². The minimum atomic E-state index is -4.17. The Morgan fingerprint density at radius 1 is 1.25 bits per heavy atom. The normalized spacial score (nSPS) is 16.2. The van der Waals surface area contributed by atoms with E-state index in [-0.39, 0.29) is 32.0 Å². The number of halogens is 3. The summed E-state index contributed by atoms with van der Waals surface area (Å²) in [6.07, 6.45) is -4.23. The minimum absolute atomic E-state index is 0.0299. The number of amides is 2. The summed E-state index contributed by atoms with van der Waals surface area (Å²) in [7, 11) is 0. The molecule has 0 bridgehead atoms. The van der Waals surface area contributed by atoms with Gasteiger partial charge in [0.1, 0.15) is 0 Å². The van der Waals surface area contributed by atoms with Crippen molar-refractivity contribution >= 4 is 6.03 Å². The number of hydrogen-bond donors (Lipinski definition) is 1. The van der Waals surface area contributed by atoms with E-state index < -0.39 is 12.1 Å². The van der Waals surface area contributed by atoms with Crippen LogP contribution in [-0.4, -0.2) is 36.8 Å². The van der Waals surface area contributed by atoms with Crippen LogP contribution in [-0.2, 0) is 17.9 Å². The molecule has 0 radical (unpaired) electrons. The van der Waals surface area contributed by atoms with Crippen molar-refractivity contribution in [2.75, 3.05) is 19.7 Å². The lowest BCUT2D eigenvalue weighted by atomic mass is 9.96. The van der Waals surface area contributed by atoms with E-state index in [1.54, 1.807) is 0 Å². The van der Waals surface area contributed by atoms with Crippen molar-refractivity contribution in [2.24, 2.45) is 5.92 Å². The summed E-state index contributed by atoms with van der Waals surface area (Å²) in [6.45, 7) is 3.60. The van der Waals surface area contributed by atoms with Gasteiger partial charge in [0.15, 0.2) is 0 Å². The third kappa shape index (κ3) is 5.12. The largest absolute Gasteiger partial charge is 0.391 e. The summed E-state index contributed by atoms with van der Waals surface area (Å²) in [4.78, 5) is 13.6. The molecule has 1 N–H and O–H groups in total. The molecular weight excluding hydrogens is 321 g/mol. The number of urea groups is 1. The predicted molar refractivity (Wildman–Crippen MR) is 84.4 cm³/mol. The molecule has 0 atom stereocenters. The van der Waals surface area contributed by atoms with Crippen molar-refractivity contribution in [3.05, 3.63) is 35.4 Å². The molecule has 1 aromatic carbocycles. The molecule has 0 unspecified atom stereocenters. The summed E-state index contributed by atoms with van der Waals surface area (Å²) in [6, 6.07) is 7.31. The Hall–Kier alpha value is -1.76. The van der Waals surface area contributed by atoms with Gasteiger partial charge in [-0.25, -0.2) is 4.79 Å². The minimum Gasteiger partial charge on any atom is -0.377 e. The van der Waals surface area contributed by atoms with Gasteiger partial charge in [-0.05, 0) is 30.9 Å². The zero-order valence-electron chi connectivity index (χ0n) is 13.7. The predicted octanol–water partition coefficient (Wildman–Crippen LogP) is 3.71. The Labute approximate surface area is 140 Å². The number of carbonyl (C=O) groups is 1. The van der Waals surface area contributed by atoms with Crippen molar-refractivity contribution in [2.45, 2.75) is 39.1 Å². The molecular formula is C17H23F3N2O2. The van der Waals surface area contributed by atoms with Crippen molar-refractivity contribution in [3.8, 4) is 0 Å². The average molecular weight is 344 g/mol. The maximum atomic E-state index is 12.7. The molecule has 0 spiro atoms. The van der Waals surface area contributed by atoms with Gasteiger partial charge >= 0.3 is 12.2 Å². The van der Waals surface area contributed by atoms with E-state index in [0.29, 0.717) is 19.8 Å². The van der Waals surface area contributed by atoms with E-state index in [0.717, 1.165) is 11.1 Å². The SMILES string of the molecule is CCOCc1ccccc1CNC(=O)N1CCC(C(F)(F)F)CC1. The fourth-order valence-corrected chi connectivity index (χ4v) is 2.78. The molecule has 0 aliphatic carbocycles. The maximum Gasteiger partial charge on any atom is 0.391 e. The standard InChI is InChI=1S/C17H23F3N2O2/c1-2-24-12-14-6-4-3-5-13(14)11-21-16(23)22-9-7-15(8-10-22)17(18,19)20/h3-6,15H,2,7-12H2,1H3,(H,21,23). The molecule has 1 aliphatic heterocycles. The van der Waals surface area contributed by atoms with Gasteiger partial charge in [-0.3, -0.25) is 0 Å². The van der Waals surface area contributed by atoms with Crippen molar-refractivity contribution < 1.29 is 22.7 Å². The average Bonchev–Trinajstić information content (AvgIpc) is 2.58. The van der Waals surface area contributed by atoms with E-state index >= 15 is 0 Å². The third-order valence-electron chi connectivity index (χ3n) is 4.26. The van der Waals surface area contributed by atoms with Crippen LogP contribution in [0.25, 0.3) is 0 Å². The van der Waals surface area contributed by atoms with Gasteiger partial charge in [-0.1, -0.05) is 24.3 Å². The van der Waals surface area contributed by atoms with Gasteiger partial charge in [-0.15, -0.1) is 0 Å². The second-order valence-electron chi connectivity index (χ2n) is 5.87. The first-order valence-electron chi connectivity index (χ1n) is 8.15. The fourth-order valence-electron chi connectivity index (χ4n) is 2.78. The molecule has 2 amide bonds. The lowest BCUT2D eigenvalue weighted by molar-refractivity contribution is -0.183. The Kier molecular flexibility index (Phi) is 6.48. The Balaban J connectivity index is 1.84. The van der Waals surface area contributed by atoms with Crippen LogP contribution < -0.4 is 5.32 Å². The summed E-state index contributed by atoms with van der Waals surface area (Å²) in [5.74, 6) is -1.30. The highest BCUT2D eigenvalue weighted by Gasteiger charge is 2.41. The number of alkyl halides is 3. The van der Waals surface area contributed by atoms with Crippen LogP contribution in [0.15, 0.2) is 24.3 Å². The molecule has 24 heavy (non-hydrogen) atoms. The lowest BCUT2D eigenvalue weighted by Crippen LogP contribution is -2.46. The molecule has 0 saturated carbocycles. The molecule has 4 nitrogen and oxygen atoms in total. The Morgan fingerprint density at radius 2 is 1.88 bits per heavy atom. The van der Waals surface area contributed by atoms with Crippen LogP contribution in [0.3, 0.4) is 0 Å². The highest BCUT2D eigenvalue weighted by atomic mass is 19.4. The molecule has 134 valence electrons. The molecule has 1 fully saturated rings. The van der Waals surface area contributed by atoms with Gasteiger partial charge in [0.05, 0.1) is 12.5 Å². The molecule has 7 heteroatoms. The highest BCUT2D eigenvalue weighted by Crippen LogP contribution is 2.34. The molecule has 1 heterocycles. The molecule has 1 saturated heterocycles. The smallest absolute Gasteiger partial charge is 0.377 e. The van der Waals surface area contributed by atoms with Crippen LogP contribution in [0.4, 0.5) is 18.0 Å².